The summed E-state index contributed by atoms with van der Waals surface area (Å²) in [5.41, 5.74) is 0. The zero-order valence-electron chi connectivity index (χ0n) is 47.2. The minimum Gasteiger partial charge on any atom is -0.463 e. The van der Waals surface area contributed by atoms with Crippen molar-refractivity contribution >= 4 is 11.9 Å². The van der Waals surface area contributed by atoms with Gasteiger partial charge in [-0.25, -0.2) is 0 Å². The topological polar surface area (TPSA) is 202 Å². The zero-order valence-corrected chi connectivity index (χ0v) is 47.2. The van der Waals surface area contributed by atoms with Crippen LogP contribution in [0.25, 0.3) is 0 Å². The Hall–Kier alpha value is -1.42. The Bertz CT molecular complexity index is 1150. The molecule has 2 aliphatic rings. The molecule has 0 amide bonds. The number of unbranched alkanes of at least 4 members (excludes halogenated alkanes) is 32. The lowest BCUT2D eigenvalue weighted by Crippen LogP contribution is -2.64. The van der Waals surface area contributed by atoms with Crippen molar-refractivity contribution in [2.45, 2.75) is 346 Å². The summed E-state index contributed by atoms with van der Waals surface area (Å²) in [6, 6.07) is 0. The van der Waals surface area contributed by atoms with E-state index in [1.165, 1.54) is 154 Å². The fraction of sp³-hybridized carbons (Fsp3) is 0.967. The molecular weight excluding hydrogens is 929 g/mol. The molecule has 2 heterocycles. The fourth-order valence-corrected chi connectivity index (χ4v) is 10.6. The van der Waals surface area contributed by atoms with Gasteiger partial charge in [0.15, 0.2) is 12.6 Å². The molecule has 2 rings (SSSR count). The molecule has 13 nitrogen and oxygen atoms in total. The number of carbonyl (C=O) groups excluding carboxylic acids is 2. The van der Waals surface area contributed by atoms with Crippen LogP contribution in [0.4, 0.5) is 0 Å². The van der Waals surface area contributed by atoms with Gasteiger partial charge in [-0.05, 0) is 25.7 Å². The van der Waals surface area contributed by atoms with Crippen molar-refractivity contribution < 1.29 is 63.9 Å². The van der Waals surface area contributed by atoms with Gasteiger partial charge in [-0.15, -0.1) is 0 Å². The summed E-state index contributed by atoms with van der Waals surface area (Å²) in [7, 11) is 0. The second-order valence-electron chi connectivity index (χ2n) is 22.3. The van der Waals surface area contributed by atoms with Crippen molar-refractivity contribution in [2.24, 2.45) is 11.8 Å². The van der Waals surface area contributed by atoms with Crippen LogP contribution in [0.1, 0.15) is 285 Å². The molecule has 0 radical (unpaired) electrons. The van der Waals surface area contributed by atoms with Gasteiger partial charge < -0.3 is 54.3 Å². The molecule has 0 aromatic heterocycles. The summed E-state index contributed by atoms with van der Waals surface area (Å²) in [5.74, 6) is -1.42. The maximum Gasteiger partial charge on any atom is 0.309 e. The standard InChI is InChI=1S/C60H114O13/c1-5-9-13-17-21-25-29-33-37-41-47(42-38-34-30-26-22-18-14-10-6-2)57(67)69-45-49-51(61)53(63)55(65)59(71-49)73-60-56(66)54(64)52(62)50(72-60)46-70-58(68)48(43-39-35-31-27-23-19-15-11-7-3)44-40-36-32-28-24-20-16-12-8-4/h47-56,59-66H,5-46H2,1-4H3/t49-,50-,51-,52-,53+,54+,55-,56-,59-,60-/m1/s1. The van der Waals surface area contributed by atoms with Crippen LogP contribution in [-0.2, 0) is 33.3 Å². The number of hydrogen-bond donors (Lipinski definition) is 6. The van der Waals surface area contributed by atoms with E-state index < -0.39 is 86.6 Å². The van der Waals surface area contributed by atoms with Crippen molar-refractivity contribution in [1.82, 2.24) is 0 Å². The summed E-state index contributed by atoms with van der Waals surface area (Å²) in [4.78, 5) is 27.4. The number of esters is 2. The zero-order chi connectivity index (χ0) is 53.3. The van der Waals surface area contributed by atoms with E-state index in [1.54, 1.807) is 0 Å². The van der Waals surface area contributed by atoms with E-state index in [4.69, 9.17) is 23.7 Å². The molecule has 13 heteroatoms. The number of aliphatic hydroxyl groups is 6. The largest absolute Gasteiger partial charge is 0.463 e. The third-order valence-electron chi connectivity index (χ3n) is 15.7. The quantitative estimate of drug-likeness (QED) is 0.0248. The van der Waals surface area contributed by atoms with Crippen LogP contribution >= 0.6 is 0 Å². The molecule has 0 saturated carbocycles. The molecule has 0 unspecified atom stereocenters. The number of hydrogen-bond acceptors (Lipinski definition) is 13. The van der Waals surface area contributed by atoms with E-state index in [0.29, 0.717) is 25.7 Å². The van der Waals surface area contributed by atoms with E-state index in [9.17, 15) is 40.2 Å². The Kier molecular flexibility index (Phi) is 41.3. The van der Waals surface area contributed by atoms with E-state index in [1.807, 2.05) is 0 Å². The van der Waals surface area contributed by atoms with Gasteiger partial charge in [-0.2, -0.15) is 0 Å². The first-order chi connectivity index (χ1) is 35.5. The third kappa shape index (κ3) is 30.4. The Labute approximate surface area is 445 Å². The molecule has 432 valence electrons. The van der Waals surface area contributed by atoms with Gasteiger partial charge in [-0.1, -0.05) is 259 Å². The first kappa shape index (κ1) is 67.7. The second-order valence-corrected chi connectivity index (χ2v) is 22.3. The molecule has 0 aliphatic carbocycles. The van der Waals surface area contributed by atoms with Crippen LogP contribution in [0.15, 0.2) is 0 Å². The normalized spacial score (nSPS) is 24.4. The third-order valence-corrected chi connectivity index (χ3v) is 15.7. The van der Waals surface area contributed by atoms with Crippen LogP contribution in [-0.4, -0.2) is 117 Å². The molecule has 2 aliphatic heterocycles. The number of rotatable bonds is 48. The van der Waals surface area contributed by atoms with Crippen LogP contribution in [0, 0.1) is 11.8 Å². The molecule has 73 heavy (non-hydrogen) atoms. The average Bonchev–Trinajstić information content (AvgIpc) is 3.39. The Balaban J connectivity index is 2.01. The Morgan fingerprint density at radius 1 is 0.329 bits per heavy atom. The van der Waals surface area contributed by atoms with Gasteiger partial charge in [0, 0.05) is 0 Å². The highest BCUT2D eigenvalue weighted by molar-refractivity contribution is 5.72. The highest BCUT2D eigenvalue weighted by atomic mass is 16.8. The Morgan fingerprint density at radius 3 is 0.781 bits per heavy atom. The van der Waals surface area contributed by atoms with Gasteiger partial charge in [0.05, 0.1) is 11.8 Å². The minimum atomic E-state index is -1.81. The van der Waals surface area contributed by atoms with Gasteiger partial charge in [-0.3, -0.25) is 9.59 Å². The predicted molar refractivity (Wildman–Crippen MR) is 291 cm³/mol. The lowest BCUT2D eigenvalue weighted by molar-refractivity contribution is -0.376. The van der Waals surface area contributed by atoms with Crippen molar-refractivity contribution in [2.75, 3.05) is 13.2 Å². The molecule has 2 fully saturated rings. The second kappa shape index (κ2) is 44.5. The number of carbonyl (C=O) groups is 2. The van der Waals surface area contributed by atoms with Gasteiger partial charge in [0.1, 0.15) is 62.0 Å². The maximum atomic E-state index is 13.7. The van der Waals surface area contributed by atoms with E-state index in [0.717, 1.165) is 77.0 Å². The number of ether oxygens (including phenoxy) is 5. The fourth-order valence-electron chi connectivity index (χ4n) is 10.6. The van der Waals surface area contributed by atoms with Crippen LogP contribution in [0.3, 0.4) is 0 Å². The first-order valence-electron chi connectivity index (χ1n) is 30.9. The molecule has 6 N–H and O–H groups in total. The van der Waals surface area contributed by atoms with Crippen LogP contribution in [0.2, 0.25) is 0 Å². The van der Waals surface area contributed by atoms with Crippen molar-refractivity contribution in [3.63, 3.8) is 0 Å². The minimum absolute atomic E-state index is 0.317. The SMILES string of the molecule is CCCCCCCCCCCC(CCCCCCCCCCC)C(=O)OC[C@H]1O[C@H](O[C@H]2O[C@H](COC(=O)C(CCCCCCCCCCC)CCCCCCCCCCC)[C@@H](O)[C@H](O)[C@H]2O)[C@H](O)[C@@H](O)[C@@H]1O. The van der Waals surface area contributed by atoms with E-state index >= 15 is 0 Å². The van der Waals surface area contributed by atoms with Crippen LogP contribution in [0.5, 0.6) is 0 Å². The highest BCUT2D eigenvalue weighted by Gasteiger charge is 2.50. The van der Waals surface area contributed by atoms with Crippen molar-refractivity contribution in [3.8, 4) is 0 Å². The predicted octanol–water partition coefficient (Wildman–Crippen LogP) is 12.6. The molecular formula is C60H114O13. The lowest BCUT2D eigenvalue weighted by Gasteiger charge is -2.44. The van der Waals surface area contributed by atoms with E-state index in [-0.39, 0.29) is 11.8 Å². The van der Waals surface area contributed by atoms with Crippen molar-refractivity contribution in [3.05, 3.63) is 0 Å². The highest BCUT2D eigenvalue weighted by Crippen LogP contribution is 2.30. The van der Waals surface area contributed by atoms with Gasteiger partial charge >= 0.3 is 11.9 Å². The molecule has 0 aromatic rings. The summed E-state index contributed by atoms with van der Waals surface area (Å²) in [6.45, 7) is 8.07. The van der Waals surface area contributed by atoms with Gasteiger partial charge in [0.2, 0.25) is 0 Å². The Morgan fingerprint density at radius 2 is 0.548 bits per heavy atom. The smallest absolute Gasteiger partial charge is 0.309 e. The summed E-state index contributed by atoms with van der Waals surface area (Å²) in [6.07, 6.45) is 28.8. The molecule has 0 bridgehead atoms. The lowest BCUT2D eigenvalue weighted by atomic mass is 9.94. The summed E-state index contributed by atoms with van der Waals surface area (Å²) >= 11 is 0. The van der Waals surface area contributed by atoms with Gasteiger partial charge in [0.25, 0.3) is 0 Å². The summed E-state index contributed by atoms with van der Waals surface area (Å²) in [5, 5.41) is 65.8. The molecule has 2 saturated heterocycles. The monoisotopic (exact) mass is 1040 g/mol. The number of aliphatic hydroxyl groups excluding tert-OH is 6. The first-order valence-corrected chi connectivity index (χ1v) is 30.9. The maximum absolute atomic E-state index is 13.7. The summed E-state index contributed by atoms with van der Waals surface area (Å²) < 4.78 is 29.2. The van der Waals surface area contributed by atoms with Crippen LogP contribution < -0.4 is 0 Å². The molecule has 10 atom stereocenters. The molecule has 0 aromatic carbocycles. The van der Waals surface area contributed by atoms with Crippen molar-refractivity contribution in [1.29, 1.82) is 0 Å². The average molecular weight is 1040 g/mol. The van der Waals surface area contributed by atoms with E-state index in [2.05, 4.69) is 27.7 Å². The molecule has 0 spiro atoms.